The van der Waals surface area contributed by atoms with E-state index in [1.807, 2.05) is 18.2 Å². The summed E-state index contributed by atoms with van der Waals surface area (Å²) in [5.41, 5.74) is 2.30. The average molecular weight is 449 g/mol. The lowest BCUT2D eigenvalue weighted by molar-refractivity contribution is 0.102. The number of para-hydroxylation sites is 1. The number of benzene rings is 2. The van der Waals surface area contributed by atoms with E-state index in [1.165, 1.54) is 34.1 Å². The number of ether oxygens (including phenoxy) is 1. The van der Waals surface area contributed by atoms with E-state index in [0.717, 1.165) is 5.56 Å². The fraction of sp³-hybridized carbons (Fsp3) is 0.136. The molecule has 1 amide bonds. The van der Waals surface area contributed by atoms with Crippen LogP contribution in [0.15, 0.2) is 71.9 Å². The maximum absolute atomic E-state index is 13.4. The number of hydrogen-bond acceptors (Lipinski definition) is 6. The zero-order chi connectivity index (χ0) is 22.3. The van der Waals surface area contributed by atoms with Crippen LogP contribution in [0.3, 0.4) is 0 Å². The van der Waals surface area contributed by atoms with Crippen molar-refractivity contribution in [2.24, 2.45) is 0 Å². The Morgan fingerprint density at radius 2 is 1.94 bits per heavy atom. The first-order valence-electron chi connectivity index (χ1n) is 9.88. The van der Waals surface area contributed by atoms with E-state index in [9.17, 15) is 13.2 Å². The maximum atomic E-state index is 13.4. The summed E-state index contributed by atoms with van der Waals surface area (Å²) in [5, 5.41) is 6.90. The van der Waals surface area contributed by atoms with E-state index in [4.69, 9.17) is 4.74 Å². The lowest BCUT2D eigenvalue weighted by Gasteiger charge is -2.20. The van der Waals surface area contributed by atoms with Gasteiger partial charge in [0.2, 0.25) is 0 Å². The van der Waals surface area contributed by atoms with E-state index >= 15 is 0 Å². The minimum atomic E-state index is -3.86. The van der Waals surface area contributed by atoms with E-state index in [-0.39, 0.29) is 16.2 Å². The minimum Gasteiger partial charge on any atom is -0.496 e. The zero-order valence-electron chi connectivity index (χ0n) is 17.1. The molecule has 0 spiro atoms. The fourth-order valence-electron chi connectivity index (χ4n) is 3.82. The van der Waals surface area contributed by atoms with E-state index < -0.39 is 15.9 Å². The lowest BCUT2D eigenvalue weighted by atomic mass is 10.2. The molecule has 0 bridgehead atoms. The number of methoxy groups -OCH3 is 1. The number of sulfonamides is 1. The van der Waals surface area contributed by atoms with Gasteiger partial charge in [-0.3, -0.25) is 9.10 Å². The van der Waals surface area contributed by atoms with E-state index in [1.54, 1.807) is 30.6 Å². The van der Waals surface area contributed by atoms with Crippen molar-refractivity contribution in [2.75, 3.05) is 23.3 Å². The van der Waals surface area contributed by atoms with Crippen LogP contribution in [-0.4, -0.2) is 42.6 Å². The summed E-state index contributed by atoms with van der Waals surface area (Å²) in [5.74, 6) is 0.131. The Kier molecular flexibility index (Phi) is 4.78. The van der Waals surface area contributed by atoms with E-state index in [2.05, 4.69) is 15.4 Å². The summed E-state index contributed by atoms with van der Waals surface area (Å²) in [4.78, 5) is 17.3. The predicted molar refractivity (Wildman–Crippen MR) is 119 cm³/mol. The molecule has 32 heavy (non-hydrogen) atoms. The number of aromatic nitrogens is 3. The number of fused-ring (bicyclic) bond motifs is 2. The molecule has 0 radical (unpaired) electrons. The minimum absolute atomic E-state index is 0.0131. The third kappa shape index (κ3) is 3.25. The molecule has 10 heteroatoms. The Morgan fingerprint density at radius 1 is 1.09 bits per heavy atom. The highest BCUT2D eigenvalue weighted by Gasteiger charge is 2.31. The van der Waals surface area contributed by atoms with Crippen LogP contribution in [0, 0.1) is 0 Å². The van der Waals surface area contributed by atoms with Crippen molar-refractivity contribution in [2.45, 2.75) is 11.3 Å². The van der Waals surface area contributed by atoms with Crippen LogP contribution in [0.4, 0.5) is 11.5 Å². The Bertz CT molecular complexity index is 1450. The van der Waals surface area contributed by atoms with Crippen LogP contribution in [0.25, 0.3) is 5.65 Å². The molecule has 0 unspecified atom stereocenters. The fourth-order valence-corrected chi connectivity index (χ4v) is 5.35. The van der Waals surface area contributed by atoms with Crippen LogP contribution >= 0.6 is 0 Å². The molecule has 0 saturated carbocycles. The van der Waals surface area contributed by atoms with Gasteiger partial charge in [0.05, 0.1) is 29.5 Å². The van der Waals surface area contributed by atoms with Gasteiger partial charge in [0.25, 0.3) is 15.9 Å². The molecule has 0 saturated heterocycles. The van der Waals surface area contributed by atoms with Crippen molar-refractivity contribution in [3.63, 3.8) is 0 Å². The highest BCUT2D eigenvalue weighted by atomic mass is 32.2. The second-order valence-electron chi connectivity index (χ2n) is 7.20. The third-order valence-corrected chi connectivity index (χ3v) is 7.19. The number of carbonyl (C=O) groups is 1. The first-order valence-corrected chi connectivity index (χ1v) is 11.3. The van der Waals surface area contributed by atoms with Gasteiger partial charge in [0, 0.05) is 18.8 Å². The van der Waals surface area contributed by atoms with Crippen LogP contribution in [0.5, 0.6) is 5.75 Å². The van der Waals surface area contributed by atoms with Crippen LogP contribution in [0.2, 0.25) is 0 Å². The predicted octanol–water partition coefficient (Wildman–Crippen LogP) is 2.74. The molecule has 4 aromatic rings. The number of hydrogen-bond donors (Lipinski definition) is 1. The zero-order valence-corrected chi connectivity index (χ0v) is 17.9. The summed E-state index contributed by atoms with van der Waals surface area (Å²) in [6, 6.07) is 15.0. The molecule has 0 aliphatic carbocycles. The summed E-state index contributed by atoms with van der Waals surface area (Å²) in [6.07, 6.45) is 3.76. The number of nitrogens with one attached hydrogen (secondary N) is 1. The van der Waals surface area contributed by atoms with Gasteiger partial charge in [0.1, 0.15) is 11.6 Å². The second-order valence-corrected chi connectivity index (χ2v) is 9.07. The lowest BCUT2D eigenvalue weighted by Crippen LogP contribution is -2.29. The SMILES string of the molecule is COc1ccc(S(=O)(=O)N2CCc3ccccc32)cc1C(=O)Nc1ccnc2ccnn12. The topological polar surface area (TPSA) is 106 Å². The summed E-state index contributed by atoms with van der Waals surface area (Å²) in [7, 11) is -2.44. The number of amides is 1. The van der Waals surface area contributed by atoms with Crippen molar-refractivity contribution in [1.82, 2.24) is 14.6 Å². The Morgan fingerprint density at radius 3 is 2.78 bits per heavy atom. The average Bonchev–Trinajstić information content (AvgIpc) is 3.46. The van der Waals surface area contributed by atoms with Gasteiger partial charge in [-0.05, 0) is 42.3 Å². The highest BCUT2D eigenvalue weighted by Crippen LogP contribution is 2.34. The number of rotatable bonds is 5. The van der Waals surface area contributed by atoms with Crippen LogP contribution < -0.4 is 14.4 Å². The maximum Gasteiger partial charge on any atom is 0.264 e. The molecule has 9 nitrogen and oxygen atoms in total. The Hall–Kier alpha value is -3.92. The molecular weight excluding hydrogens is 430 g/mol. The summed E-state index contributed by atoms with van der Waals surface area (Å²) in [6.45, 7) is 0.351. The Balaban J connectivity index is 1.52. The first kappa shape index (κ1) is 20.0. The molecule has 2 aromatic heterocycles. The van der Waals surface area contributed by atoms with Crippen molar-refractivity contribution < 1.29 is 17.9 Å². The van der Waals surface area contributed by atoms with Crippen molar-refractivity contribution >= 4 is 33.1 Å². The van der Waals surface area contributed by atoms with Gasteiger partial charge in [-0.25, -0.2) is 13.4 Å². The molecule has 1 aliphatic heterocycles. The number of anilines is 2. The molecular formula is C22H19N5O4S. The molecule has 3 heterocycles. The third-order valence-electron chi connectivity index (χ3n) is 5.38. The molecule has 2 aromatic carbocycles. The Labute approximate surface area is 184 Å². The molecule has 0 fully saturated rings. The molecule has 162 valence electrons. The van der Waals surface area contributed by atoms with Gasteiger partial charge in [-0.15, -0.1) is 0 Å². The normalized spacial score (nSPS) is 13.2. The van der Waals surface area contributed by atoms with Crippen molar-refractivity contribution in [1.29, 1.82) is 0 Å². The highest BCUT2D eigenvalue weighted by molar-refractivity contribution is 7.92. The molecule has 5 rings (SSSR count). The van der Waals surface area contributed by atoms with Gasteiger partial charge < -0.3 is 10.1 Å². The number of nitrogens with zero attached hydrogens (tertiary/aromatic N) is 4. The van der Waals surface area contributed by atoms with Crippen molar-refractivity contribution in [3.8, 4) is 5.75 Å². The van der Waals surface area contributed by atoms with Gasteiger partial charge in [0.15, 0.2) is 5.65 Å². The van der Waals surface area contributed by atoms with Crippen LogP contribution in [0.1, 0.15) is 15.9 Å². The summed E-state index contributed by atoms with van der Waals surface area (Å²) >= 11 is 0. The number of carbonyl (C=O) groups excluding carboxylic acids is 1. The smallest absolute Gasteiger partial charge is 0.264 e. The molecule has 1 N–H and O–H groups in total. The monoisotopic (exact) mass is 449 g/mol. The van der Waals surface area contributed by atoms with Gasteiger partial charge in [-0.2, -0.15) is 9.61 Å². The van der Waals surface area contributed by atoms with Crippen molar-refractivity contribution in [3.05, 3.63) is 78.1 Å². The van der Waals surface area contributed by atoms with Gasteiger partial charge in [-0.1, -0.05) is 18.2 Å². The van der Waals surface area contributed by atoms with Crippen LogP contribution in [-0.2, 0) is 16.4 Å². The summed E-state index contributed by atoms with van der Waals surface area (Å²) < 4.78 is 35.0. The van der Waals surface area contributed by atoms with E-state index in [0.29, 0.717) is 30.1 Å². The second kappa shape index (κ2) is 7.65. The largest absolute Gasteiger partial charge is 0.496 e. The standard InChI is InChI=1S/C22H19N5O4S/c1-31-19-7-6-16(32(29,30)26-13-10-15-4-2-3-5-18(15)26)14-17(19)22(28)25-21-8-11-23-20-9-12-24-27(20)21/h2-9,11-12,14H,10,13H2,1H3,(H,25,28). The molecule has 0 atom stereocenters. The first-order chi connectivity index (χ1) is 15.5. The molecule has 1 aliphatic rings. The quantitative estimate of drug-likeness (QED) is 0.502. The van der Waals surface area contributed by atoms with Gasteiger partial charge >= 0.3 is 0 Å².